The number of nitrogens with two attached hydrogens (primary N) is 1. The Morgan fingerprint density at radius 3 is 3.31 bits per heavy atom. The van der Waals surface area contributed by atoms with Crippen LogP contribution in [0.25, 0.3) is 0 Å². The minimum atomic E-state index is -0.393. The molecule has 6 heteroatoms. The van der Waals surface area contributed by atoms with Gasteiger partial charge in [0.15, 0.2) is 0 Å². The van der Waals surface area contributed by atoms with Crippen LogP contribution < -0.4 is 11.1 Å². The number of ether oxygens (including phenoxy) is 1. The van der Waals surface area contributed by atoms with Gasteiger partial charge in [0.05, 0.1) is 18.5 Å². The summed E-state index contributed by atoms with van der Waals surface area (Å²) in [5, 5.41) is 7.35. The average molecular weight is 224 g/mol. The maximum Gasteiger partial charge on any atom is 0.239 e. The first kappa shape index (κ1) is 10.9. The van der Waals surface area contributed by atoms with Gasteiger partial charge in [-0.05, 0) is 12.8 Å². The highest BCUT2D eigenvalue weighted by Crippen LogP contribution is 2.13. The standard InChI is InChI=1S/C10H16N4O2/c11-10(15)6-14-5-9(4-12-14)13-8-2-1-3-16-7-8/h4-5,8,13H,1-3,6-7H2,(H2,11,15). The maximum absolute atomic E-state index is 10.7. The largest absolute Gasteiger partial charge is 0.379 e. The smallest absolute Gasteiger partial charge is 0.239 e. The number of amides is 1. The summed E-state index contributed by atoms with van der Waals surface area (Å²) in [6.07, 6.45) is 5.64. The second kappa shape index (κ2) is 4.98. The summed E-state index contributed by atoms with van der Waals surface area (Å²) in [5.41, 5.74) is 5.98. The molecule has 0 radical (unpaired) electrons. The number of nitrogens with one attached hydrogen (secondary N) is 1. The topological polar surface area (TPSA) is 82.2 Å². The highest BCUT2D eigenvalue weighted by atomic mass is 16.5. The third kappa shape index (κ3) is 2.96. The molecule has 1 amide bonds. The first-order valence-electron chi connectivity index (χ1n) is 5.39. The predicted molar refractivity (Wildman–Crippen MR) is 58.9 cm³/mol. The molecule has 1 unspecified atom stereocenters. The van der Waals surface area contributed by atoms with E-state index < -0.39 is 5.91 Å². The van der Waals surface area contributed by atoms with Gasteiger partial charge in [0, 0.05) is 18.8 Å². The SMILES string of the molecule is NC(=O)Cn1cc(NC2CCCOC2)cn1. The molecule has 1 aromatic rings. The van der Waals surface area contributed by atoms with E-state index in [1.807, 2.05) is 0 Å². The molecule has 1 aromatic heterocycles. The first-order valence-corrected chi connectivity index (χ1v) is 5.39. The highest BCUT2D eigenvalue weighted by molar-refractivity contribution is 5.73. The quantitative estimate of drug-likeness (QED) is 0.751. The zero-order valence-electron chi connectivity index (χ0n) is 9.06. The Kier molecular flexibility index (Phi) is 3.40. The summed E-state index contributed by atoms with van der Waals surface area (Å²) in [7, 11) is 0. The molecule has 6 nitrogen and oxygen atoms in total. The molecule has 88 valence electrons. The molecule has 0 aliphatic carbocycles. The number of primary amides is 1. The van der Waals surface area contributed by atoms with Gasteiger partial charge in [-0.3, -0.25) is 9.48 Å². The van der Waals surface area contributed by atoms with Gasteiger partial charge in [-0.1, -0.05) is 0 Å². The lowest BCUT2D eigenvalue weighted by atomic mass is 10.1. The van der Waals surface area contributed by atoms with E-state index in [1.165, 1.54) is 4.68 Å². The lowest BCUT2D eigenvalue weighted by Crippen LogP contribution is -2.29. The van der Waals surface area contributed by atoms with Crippen LogP contribution in [-0.4, -0.2) is 34.9 Å². The minimum absolute atomic E-state index is 0.114. The third-order valence-corrected chi connectivity index (χ3v) is 2.48. The fourth-order valence-electron chi connectivity index (χ4n) is 1.77. The van der Waals surface area contributed by atoms with Crippen LogP contribution in [0.5, 0.6) is 0 Å². The summed E-state index contributed by atoms with van der Waals surface area (Å²) in [6, 6.07) is 0.333. The Balaban J connectivity index is 1.88. The van der Waals surface area contributed by atoms with Gasteiger partial charge in [-0.15, -0.1) is 0 Å². The number of hydrogen-bond donors (Lipinski definition) is 2. The van der Waals surface area contributed by atoms with E-state index in [1.54, 1.807) is 12.4 Å². The predicted octanol–water partition coefficient (Wildman–Crippen LogP) is -0.0407. The van der Waals surface area contributed by atoms with Crippen LogP contribution in [0.2, 0.25) is 0 Å². The van der Waals surface area contributed by atoms with E-state index in [9.17, 15) is 4.79 Å². The Labute approximate surface area is 93.8 Å². The molecule has 1 aliphatic heterocycles. The molecule has 2 rings (SSSR count). The number of nitrogens with zero attached hydrogens (tertiary/aromatic N) is 2. The van der Waals surface area contributed by atoms with Crippen LogP contribution in [0.4, 0.5) is 5.69 Å². The van der Waals surface area contributed by atoms with Crippen molar-refractivity contribution in [3.8, 4) is 0 Å². The molecule has 1 saturated heterocycles. The maximum atomic E-state index is 10.7. The van der Waals surface area contributed by atoms with E-state index in [4.69, 9.17) is 10.5 Å². The van der Waals surface area contributed by atoms with Crippen molar-refractivity contribution in [1.29, 1.82) is 0 Å². The first-order chi connectivity index (χ1) is 7.74. The Bertz CT molecular complexity index is 357. The van der Waals surface area contributed by atoms with Crippen LogP contribution in [0.1, 0.15) is 12.8 Å². The van der Waals surface area contributed by atoms with Crippen molar-refractivity contribution in [3.05, 3.63) is 12.4 Å². The van der Waals surface area contributed by atoms with Crippen molar-refractivity contribution in [2.45, 2.75) is 25.4 Å². The normalized spacial score (nSPS) is 20.6. The van der Waals surface area contributed by atoms with E-state index in [0.717, 1.165) is 31.7 Å². The molecule has 0 saturated carbocycles. The minimum Gasteiger partial charge on any atom is -0.379 e. The number of anilines is 1. The number of rotatable bonds is 4. The van der Waals surface area contributed by atoms with Crippen molar-refractivity contribution in [2.75, 3.05) is 18.5 Å². The van der Waals surface area contributed by atoms with Crippen molar-refractivity contribution in [2.24, 2.45) is 5.73 Å². The summed E-state index contributed by atoms with van der Waals surface area (Å²) in [5.74, 6) is -0.393. The summed E-state index contributed by atoms with van der Waals surface area (Å²) >= 11 is 0. The Hall–Kier alpha value is -1.56. The highest BCUT2D eigenvalue weighted by Gasteiger charge is 2.14. The molecule has 0 bridgehead atoms. The number of carbonyl (C=O) groups excluding carboxylic acids is 1. The molecule has 3 N–H and O–H groups in total. The summed E-state index contributed by atoms with van der Waals surface area (Å²) < 4.78 is 6.88. The summed E-state index contributed by atoms with van der Waals surface area (Å²) in [6.45, 7) is 1.68. The van der Waals surface area contributed by atoms with Gasteiger partial charge >= 0.3 is 0 Å². The van der Waals surface area contributed by atoms with Gasteiger partial charge in [0.2, 0.25) is 5.91 Å². The van der Waals surface area contributed by atoms with Crippen LogP contribution >= 0.6 is 0 Å². The molecule has 1 aliphatic rings. The summed E-state index contributed by atoms with van der Waals surface area (Å²) in [4.78, 5) is 10.7. The van der Waals surface area contributed by atoms with Gasteiger partial charge in [-0.2, -0.15) is 5.10 Å². The third-order valence-electron chi connectivity index (χ3n) is 2.48. The van der Waals surface area contributed by atoms with Crippen molar-refractivity contribution in [3.63, 3.8) is 0 Å². The lowest BCUT2D eigenvalue weighted by molar-refractivity contribution is -0.118. The zero-order chi connectivity index (χ0) is 11.4. The molecule has 1 atom stereocenters. The van der Waals surface area contributed by atoms with Crippen LogP contribution in [-0.2, 0) is 16.1 Å². The van der Waals surface area contributed by atoms with Crippen molar-refractivity contribution < 1.29 is 9.53 Å². The number of aromatic nitrogens is 2. The number of carbonyl (C=O) groups is 1. The van der Waals surface area contributed by atoms with E-state index in [0.29, 0.717) is 6.04 Å². The Morgan fingerprint density at radius 1 is 1.75 bits per heavy atom. The van der Waals surface area contributed by atoms with Crippen molar-refractivity contribution >= 4 is 11.6 Å². The van der Waals surface area contributed by atoms with Gasteiger partial charge < -0.3 is 15.8 Å². The zero-order valence-corrected chi connectivity index (χ0v) is 9.06. The average Bonchev–Trinajstić information content (AvgIpc) is 2.66. The molecule has 1 fully saturated rings. The van der Waals surface area contributed by atoms with E-state index in [-0.39, 0.29) is 6.54 Å². The fraction of sp³-hybridized carbons (Fsp3) is 0.600. The molecule has 0 aromatic carbocycles. The molecule has 2 heterocycles. The molecular weight excluding hydrogens is 208 g/mol. The fourth-order valence-corrected chi connectivity index (χ4v) is 1.77. The monoisotopic (exact) mass is 224 g/mol. The van der Waals surface area contributed by atoms with E-state index in [2.05, 4.69) is 10.4 Å². The Morgan fingerprint density at radius 2 is 2.62 bits per heavy atom. The molecule has 0 spiro atoms. The van der Waals surface area contributed by atoms with Crippen LogP contribution in [0, 0.1) is 0 Å². The second-order valence-electron chi connectivity index (χ2n) is 3.95. The van der Waals surface area contributed by atoms with Crippen molar-refractivity contribution in [1.82, 2.24) is 9.78 Å². The second-order valence-corrected chi connectivity index (χ2v) is 3.95. The van der Waals surface area contributed by atoms with Crippen LogP contribution in [0.15, 0.2) is 12.4 Å². The molecule has 16 heavy (non-hydrogen) atoms. The van der Waals surface area contributed by atoms with Gasteiger partial charge in [0.1, 0.15) is 6.54 Å². The van der Waals surface area contributed by atoms with Gasteiger partial charge in [0.25, 0.3) is 0 Å². The lowest BCUT2D eigenvalue weighted by Gasteiger charge is -2.23. The van der Waals surface area contributed by atoms with E-state index >= 15 is 0 Å². The molecular formula is C10H16N4O2. The van der Waals surface area contributed by atoms with Crippen LogP contribution in [0.3, 0.4) is 0 Å². The number of hydrogen-bond acceptors (Lipinski definition) is 4. The van der Waals surface area contributed by atoms with Gasteiger partial charge in [-0.25, -0.2) is 0 Å².